The van der Waals surface area contributed by atoms with Crippen LogP contribution in [-0.4, -0.2) is 33.2 Å². The third kappa shape index (κ3) is 4.30. The molecule has 1 rings (SSSR count). The third-order valence-corrected chi connectivity index (χ3v) is 6.09. The first kappa shape index (κ1) is 13.3. The molecule has 0 saturated carbocycles. The van der Waals surface area contributed by atoms with Crippen molar-refractivity contribution in [2.45, 2.75) is 49.2 Å². The average molecular weight is 244 g/mol. The summed E-state index contributed by atoms with van der Waals surface area (Å²) in [7, 11) is 0. The zero-order chi connectivity index (χ0) is 11.1. The van der Waals surface area contributed by atoms with Crippen LogP contribution >= 0.6 is 23.5 Å². The monoisotopic (exact) mass is 244 g/mol. The number of terminal acetylenes is 1. The second-order valence-corrected chi connectivity index (χ2v) is 6.45. The highest BCUT2D eigenvalue weighted by Gasteiger charge is 2.30. The van der Waals surface area contributed by atoms with E-state index in [1.807, 2.05) is 23.5 Å². The fourth-order valence-electron chi connectivity index (χ4n) is 1.87. The summed E-state index contributed by atoms with van der Waals surface area (Å²) in [5.41, 5.74) is 0. The summed E-state index contributed by atoms with van der Waals surface area (Å²) in [6.45, 7) is 2.21. The van der Waals surface area contributed by atoms with Gasteiger partial charge in [-0.3, -0.25) is 0 Å². The maximum atomic E-state index is 10.1. The first-order chi connectivity index (χ1) is 7.29. The molecular weight excluding hydrogens is 224 g/mol. The Morgan fingerprint density at radius 3 is 2.87 bits per heavy atom. The molecule has 0 aromatic carbocycles. The molecule has 3 heteroatoms. The van der Waals surface area contributed by atoms with Gasteiger partial charge in [0.25, 0.3) is 0 Å². The lowest BCUT2D eigenvalue weighted by Crippen LogP contribution is -2.35. The van der Waals surface area contributed by atoms with Crippen LogP contribution in [0.4, 0.5) is 0 Å². The minimum absolute atomic E-state index is 0.166. The van der Waals surface area contributed by atoms with E-state index in [0.717, 1.165) is 25.7 Å². The van der Waals surface area contributed by atoms with Gasteiger partial charge < -0.3 is 5.11 Å². The number of aliphatic hydroxyl groups is 1. The normalized spacial score (nSPS) is 28.3. The number of hydrogen-bond acceptors (Lipinski definition) is 3. The first-order valence-electron chi connectivity index (χ1n) is 5.64. The zero-order valence-corrected chi connectivity index (χ0v) is 10.9. The van der Waals surface area contributed by atoms with Gasteiger partial charge in [-0.2, -0.15) is 23.5 Å². The lowest BCUT2D eigenvalue weighted by molar-refractivity contribution is 0.157. The number of hydrogen-bond donors (Lipinski definition) is 1. The molecule has 1 heterocycles. The van der Waals surface area contributed by atoms with Gasteiger partial charge in [0.1, 0.15) is 0 Å². The molecule has 0 aromatic heterocycles. The minimum atomic E-state index is -0.166. The predicted octanol–water partition coefficient (Wildman–Crippen LogP) is 2.78. The molecule has 0 spiro atoms. The molecule has 0 radical (unpaired) electrons. The van der Waals surface area contributed by atoms with Gasteiger partial charge in [0.15, 0.2) is 0 Å². The molecule has 15 heavy (non-hydrogen) atoms. The Kier molecular flexibility index (Phi) is 6.63. The molecule has 1 nitrogen and oxygen atoms in total. The summed E-state index contributed by atoms with van der Waals surface area (Å²) in [4.78, 5) is 0. The Morgan fingerprint density at radius 1 is 1.47 bits per heavy atom. The largest absolute Gasteiger partial charge is 0.392 e. The van der Waals surface area contributed by atoms with Gasteiger partial charge >= 0.3 is 0 Å². The molecule has 0 bridgehead atoms. The maximum Gasteiger partial charge on any atom is 0.0669 e. The quantitative estimate of drug-likeness (QED) is 0.593. The van der Waals surface area contributed by atoms with Crippen molar-refractivity contribution in [1.82, 2.24) is 0 Å². The highest BCUT2D eigenvalue weighted by atomic mass is 32.2. The number of aliphatic hydroxyl groups excluding tert-OH is 1. The fourth-order valence-corrected chi connectivity index (χ4v) is 5.06. The minimum Gasteiger partial charge on any atom is -0.392 e. The lowest BCUT2D eigenvalue weighted by Gasteiger charge is -2.33. The predicted molar refractivity (Wildman–Crippen MR) is 71.5 cm³/mol. The summed E-state index contributed by atoms with van der Waals surface area (Å²) >= 11 is 3.96. The maximum absolute atomic E-state index is 10.1. The van der Waals surface area contributed by atoms with E-state index >= 15 is 0 Å². The average Bonchev–Trinajstić information content (AvgIpc) is 2.29. The van der Waals surface area contributed by atoms with Crippen LogP contribution in [0, 0.1) is 12.3 Å². The molecule has 3 unspecified atom stereocenters. The number of unbranched alkanes of at least 4 members (excludes halogenated alkanes) is 1. The summed E-state index contributed by atoms with van der Waals surface area (Å²) in [6, 6.07) is 0. The van der Waals surface area contributed by atoms with Gasteiger partial charge in [0.05, 0.1) is 6.10 Å². The van der Waals surface area contributed by atoms with Crippen molar-refractivity contribution < 1.29 is 5.11 Å². The summed E-state index contributed by atoms with van der Waals surface area (Å²) < 4.78 is 0. The molecule has 1 aliphatic heterocycles. The highest BCUT2D eigenvalue weighted by Crippen LogP contribution is 2.36. The van der Waals surface area contributed by atoms with Crippen molar-refractivity contribution >= 4 is 23.5 Å². The Hall–Kier alpha value is 0.220. The van der Waals surface area contributed by atoms with Crippen LogP contribution in [0.1, 0.15) is 32.6 Å². The van der Waals surface area contributed by atoms with Crippen molar-refractivity contribution in [3.63, 3.8) is 0 Å². The topological polar surface area (TPSA) is 20.2 Å². The molecule has 3 atom stereocenters. The molecule has 0 aromatic rings. The van der Waals surface area contributed by atoms with Gasteiger partial charge in [0, 0.05) is 28.4 Å². The van der Waals surface area contributed by atoms with E-state index in [2.05, 4.69) is 12.8 Å². The Morgan fingerprint density at radius 2 is 2.20 bits per heavy atom. The van der Waals surface area contributed by atoms with E-state index in [1.165, 1.54) is 11.5 Å². The molecule has 1 fully saturated rings. The SMILES string of the molecule is C#CCCCC(O)C1SCCSC1CC. The zero-order valence-electron chi connectivity index (χ0n) is 9.32. The molecule has 1 N–H and O–H groups in total. The lowest BCUT2D eigenvalue weighted by atomic mass is 10.1. The summed E-state index contributed by atoms with van der Waals surface area (Å²) in [5.74, 6) is 5.04. The van der Waals surface area contributed by atoms with E-state index in [1.54, 1.807) is 0 Å². The van der Waals surface area contributed by atoms with Crippen LogP contribution in [-0.2, 0) is 0 Å². The highest BCUT2D eigenvalue weighted by molar-refractivity contribution is 8.07. The van der Waals surface area contributed by atoms with E-state index in [9.17, 15) is 5.11 Å². The van der Waals surface area contributed by atoms with E-state index in [0.29, 0.717) is 10.5 Å². The molecule has 0 aliphatic carbocycles. The van der Waals surface area contributed by atoms with Crippen LogP contribution in [0.5, 0.6) is 0 Å². The van der Waals surface area contributed by atoms with Crippen molar-refractivity contribution in [2.24, 2.45) is 0 Å². The Labute approximate surface area is 102 Å². The molecule has 1 saturated heterocycles. The fraction of sp³-hybridized carbons (Fsp3) is 0.833. The number of rotatable bonds is 5. The first-order valence-corrected chi connectivity index (χ1v) is 7.74. The Bertz CT molecular complexity index is 212. The van der Waals surface area contributed by atoms with Crippen molar-refractivity contribution in [3.05, 3.63) is 0 Å². The van der Waals surface area contributed by atoms with E-state index in [4.69, 9.17) is 6.42 Å². The Balaban J connectivity index is 2.34. The summed E-state index contributed by atoms with van der Waals surface area (Å²) in [6.07, 6.45) is 8.81. The van der Waals surface area contributed by atoms with Crippen molar-refractivity contribution in [1.29, 1.82) is 0 Å². The van der Waals surface area contributed by atoms with Crippen LogP contribution in [0.25, 0.3) is 0 Å². The third-order valence-electron chi connectivity index (χ3n) is 2.69. The summed E-state index contributed by atoms with van der Waals surface area (Å²) in [5, 5.41) is 11.2. The second kappa shape index (κ2) is 7.49. The van der Waals surface area contributed by atoms with Crippen LogP contribution in [0.3, 0.4) is 0 Å². The number of thioether (sulfide) groups is 2. The van der Waals surface area contributed by atoms with Crippen molar-refractivity contribution in [2.75, 3.05) is 11.5 Å². The van der Waals surface area contributed by atoms with Gasteiger partial charge in [-0.15, -0.1) is 12.3 Å². The second-order valence-electron chi connectivity index (χ2n) is 3.82. The smallest absolute Gasteiger partial charge is 0.0669 e. The standard InChI is InChI=1S/C12H20OS2/c1-3-5-6-7-10(13)12-11(4-2)14-8-9-15-12/h1,10-13H,4-9H2,2H3. The van der Waals surface area contributed by atoms with Gasteiger partial charge in [0.2, 0.25) is 0 Å². The van der Waals surface area contributed by atoms with Gasteiger partial charge in [-0.25, -0.2) is 0 Å². The molecule has 0 amide bonds. The van der Waals surface area contributed by atoms with Crippen LogP contribution in [0.15, 0.2) is 0 Å². The van der Waals surface area contributed by atoms with Crippen molar-refractivity contribution in [3.8, 4) is 12.3 Å². The van der Waals surface area contributed by atoms with Gasteiger partial charge in [-0.05, 0) is 19.3 Å². The molecule has 1 aliphatic rings. The van der Waals surface area contributed by atoms with E-state index in [-0.39, 0.29) is 6.10 Å². The molecular formula is C12H20OS2. The van der Waals surface area contributed by atoms with Crippen LogP contribution in [0.2, 0.25) is 0 Å². The molecule has 86 valence electrons. The van der Waals surface area contributed by atoms with E-state index < -0.39 is 0 Å². The van der Waals surface area contributed by atoms with Gasteiger partial charge in [-0.1, -0.05) is 6.92 Å². The van der Waals surface area contributed by atoms with Crippen LogP contribution < -0.4 is 0 Å².